The molecule has 1 heterocycles. The minimum atomic E-state index is -0.146. The fourth-order valence-corrected chi connectivity index (χ4v) is 2.76. The maximum Gasteiger partial charge on any atom is 0.254 e. The van der Waals surface area contributed by atoms with E-state index in [0.717, 1.165) is 24.2 Å². The molecule has 1 N–H and O–H groups in total. The number of hydrazone groups is 1. The molecule has 2 aromatic carbocycles. The SMILES string of the molecule is O=C(CN1CCOCC1)N/N=C/c1ccccc1OCc1ccc(Cl)cc1. The Balaban J connectivity index is 1.52. The first kappa shape index (κ1) is 19.4. The Labute approximate surface area is 163 Å². The number of ether oxygens (including phenoxy) is 2. The number of halogens is 1. The highest BCUT2D eigenvalue weighted by molar-refractivity contribution is 6.30. The Kier molecular flexibility index (Phi) is 7.21. The van der Waals surface area contributed by atoms with Crippen molar-refractivity contribution in [2.75, 3.05) is 32.8 Å². The first-order valence-electron chi connectivity index (χ1n) is 8.79. The van der Waals surface area contributed by atoms with E-state index in [1.54, 1.807) is 6.21 Å². The summed E-state index contributed by atoms with van der Waals surface area (Å²) in [5.41, 5.74) is 4.37. The van der Waals surface area contributed by atoms with Crippen LogP contribution in [0.3, 0.4) is 0 Å². The smallest absolute Gasteiger partial charge is 0.254 e. The third-order valence-corrected chi connectivity index (χ3v) is 4.34. The van der Waals surface area contributed by atoms with Crippen LogP contribution in [0.2, 0.25) is 5.02 Å². The molecule has 0 aromatic heterocycles. The number of benzene rings is 2. The predicted octanol–water partition coefficient (Wildman–Crippen LogP) is 2.70. The molecule has 1 aliphatic heterocycles. The van der Waals surface area contributed by atoms with E-state index in [9.17, 15) is 4.79 Å². The van der Waals surface area contributed by atoms with Crippen LogP contribution in [0.15, 0.2) is 53.6 Å². The summed E-state index contributed by atoms with van der Waals surface area (Å²) in [6.45, 7) is 3.58. The molecule has 1 saturated heterocycles. The molecule has 7 heteroatoms. The fourth-order valence-electron chi connectivity index (χ4n) is 2.63. The Morgan fingerprint density at radius 3 is 2.70 bits per heavy atom. The molecular formula is C20H22ClN3O3. The van der Waals surface area contributed by atoms with Crippen molar-refractivity contribution in [3.8, 4) is 5.75 Å². The standard InChI is InChI=1S/C20H22ClN3O3/c21-18-7-5-16(6-8-18)15-27-19-4-2-1-3-17(19)13-22-23-20(25)14-24-9-11-26-12-10-24/h1-8,13H,9-12,14-15H2,(H,23,25)/b22-13+. The van der Waals surface area contributed by atoms with Gasteiger partial charge in [0.05, 0.1) is 26.0 Å². The Morgan fingerprint density at radius 1 is 1.19 bits per heavy atom. The Morgan fingerprint density at radius 2 is 1.93 bits per heavy atom. The lowest BCUT2D eigenvalue weighted by Gasteiger charge is -2.25. The molecule has 0 saturated carbocycles. The number of rotatable bonds is 7. The molecule has 0 aliphatic carbocycles. The van der Waals surface area contributed by atoms with Crippen LogP contribution in [0.25, 0.3) is 0 Å². The van der Waals surface area contributed by atoms with Gasteiger partial charge in [-0.15, -0.1) is 0 Å². The van der Waals surface area contributed by atoms with Gasteiger partial charge in [0.1, 0.15) is 12.4 Å². The molecule has 0 unspecified atom stereocenters. The second kappa shape index (κ2) is 10.1. The monoisotopic (exact) mass is 387 g/mol. The molecule has 0 radical (unpaired) electrons. The van der Waals surface area contributed by atoms with Gasteiger partial charge in [0.2, 0.25) is 0 Å². The van der Waals surface area contributed by atoms with Crippen molar-refractivity contribution in [1.82, 2.24) is 10.3 Å². The summed E-state index contributed by atoms with van der Waals surface area (Å²) in [6.07, 6.45) is 1.59. The highest BCUT2D eigenvalue weighted by Gasteiger charge is 2.13. The molecule has 27 heavy (non-hydrogen) atoms. The van der Waals surface area contributed by atoms with E-state index in [1.165, 1.54) is 0 Å². The average Bonchev–Trinajstić information content (AvgIpc) is 2.69. The molecule has 142 valence electrons. The minimum absolute atomic E-state index is 0.146. The summed E-state index contributed by atoms with van der Waals surface area (Å²) in [5, 5.41) is 4.75. The molecule has 6 nitrogen and oxygen atoms in total. The molecule has 1 aliphatic rings. The second-order valence-corrected chi connectivity index (χ2v) is 6.57. The van der Waals surface area contributed by atoms with E-state index < -0.39 is 0 Å². The number of para-hydroxylation sites is 1. The van der Waals surface area contributed by atoms with Crippen LogP contribution in [-0.4, -0.2) is 49.9 Å². The Hall–Kier alpha value is -2.41. The van der Waals surface area contributed by atoms with E-state index >= 15 is 0 Å². The number of hydrogen-bond acceptors (Lipinski definition) is 5. The van der Waals surface area contributed by atoms with Crippen LogP contribution < -0.4 is 10.2 Å². The van der Waals surface area contributed by atoms with Crippen molar-refractivity contribution in [2.45, 2.75) is 6.61 Å². The first-order valence-corrected chi connectivity index (χ1v) is 9.17. The number of carbonyl (C=O) groups excluding carboxylic acids is 1. The van der Waals surface area contributed by atoms with Gasteiger partial charge >= 0.3 is 0 Å². The van der Waals surface area contributed by atoms with Gasteiger partial charge < -0.3 is 9.47 Å². The van der Waals surface area contributed by atoms with Crippen LogP contribution >= 0.6 is 11.6 Å². The van der Waals surface area contributed by atoms with E-state index in [-0.39, 0.29) is 5.91 Å². The number of morpholine rings is 1. The van der Waals surface area contributed by atoms with Crippen molar-refractivity contribution in [1.29, 1.82) is 0 Å². The lowest BCUT2D eigenvalue weighted by atomic mass is 10.2. The van der Waals surface area contributed by atoms with Crippen molar-refractivity contribution >= 4 is 23.7 Å². The van der Waals surface area contributed by atoms with Crippen LogP contribution in [-0.2, 0) is 16.1 Å². The zero-order chi connectivity index (χ0) is 18.9. The fraction of sp³-hybridized carbons (Fsp3) is 0.300. The number of carbonyl (C=O) groups is 1. The minimum Gasteiger partial charge on any atom is -0.488 e. The van der Waals surface area contributed by atoms with Crippen molar-refractivity contribution in [3.63, 3.8) is 0 Å². The zero-order valence-corrected chi connectivity index (χ0v) is 15.7. The summed E-state index contributed by atoms with van der Waals surface area (Å²) in [5.74, 6) is 0.548. The summed E-state index contributed by atoms with van der Waals surface area (Å²) in [4.78, 5) is 14.0. The van der Waals surface area contributed by atoms with Gasteiger partial charge in [0.15, 0.2) is 0 Å². The third-order valence-electron chi connectivity index (χ3n) is 4.09. The molecule has 0 atom stereocenters. The maximum absolute atomic E-state index is 12.0. The molecule has 0 bridgehead atoms. The second-order valence-electron chi connectivity index (χ2n) is 6.13. The van der Waals surface area contributed by atoms with Gasteiger partial charge in [-0.2, -0.15) is 5.10 Å². The molecule has 0 spiro atoms. The molecule has 1 fully saturated rings. The van der Waals surface area contributed by atoms with Gasteiger partial charge in [0.25, 0.3) is 5.91 Å². The summed E-state index contributed by atoms with van der Waals surface area (Å²) in [7, 11) is 0. The number of nitrogens with zero attached hydrogens (tertiary/aromatic N) is 2. The molecule has 3 rings (SSSR count). The van der Waals surface area contributed by atoms with Gasteiger partial charge in [-0.25, -0.2) is 5.43 Å². The molecular weight excluding hydrogens is 366 g/mol. The van der Waals surface area contributed by atoms with Crippen LogP contribution in [0.4, 0.5) is 0 Å². The lowest BCUT2D eigenvalue weighted by Crippen LogP contribution is -2.42. The van der Waals surface area contributed by atoms with E-state index in [1.807, 2.05) is 53.4 Å². The van der Waals surface area contributed by atoms with E-state index in [0.29, 0.717) is 37.1 Å². The molecule has 2 aromatic rings. The number of amides is 1. The van der Waals surface area contributed by atoms with Gasteiger partial charge in [-0.05, 0) is 29.8 Å². The molecule has 1 amide bonds. The van der Waals surface area contributed by atoms with E-state index in [2.05, 4.69) is 10.5 Å². The maximum atomic E-state index is 12.0. The quantitative estimate of drug-likeness (QED) is 0.586. The summed E-state index contributed by atoms with van der Waals surface area (Å²) in [6, 6.07) is 15.0. The lowest BCUT2D eigenvalue weighted by molar-refractivity contribution is -0.123. The van der Waals surface area contributed by atoms with E-state index in [4.69, 9.17) is 21.1 Å². The number of nitrogens with one attached hydrogen (secondary N) is 1. The van der Waals surface area contributed by atoms with Crippen molar-refractivity contribution in [2.24, 2.45) is 5.10 Å². The van der Waals surface area contributed by atoms with Gasteiger partial charge in [-0.3, -0.25) is 9.69 Å². The van der Waals surface area contributed by atoms with Gasteiger partial charge in [-0.1, -0.05) is 35.9 Å². The number of hydrogen-bond donors (Lipinski definition) is 1. The highest BCUT2D eigenvalue weighted by Crippen LogP contribution is 2.18. The van der Waals surface area contributed by atoms with Gasteiger partial charge in [0, 0.05) is 23.7 Å². The Bertz CT molecular complexity index is 774. The van der Waals surface area contributed by atoms with Crippen molar-refractivity contribution < 1.29 is 14.3 Å². The largest absolute Gasteiger partial charge is 0.488 e. The summed E-state index contributed by atoms with van der Waals surface area (Å²) >= 11 is 5.90. The highest BCUT2D eigenvalue weighted by atomic mass is 35.5. The normalized spacial score (nSPS) is 15.0. The van der Waals surface area contributed by atoms with Crippen molar-refractivity contribution in [3.05, 3.63) is 64.7 Å². The third kappa shape index (κ3) is 6.36. The predicted molar refractivity (Wildman–Crippen MR) is 105 cm³/mol. The first-order chi connectivity index (χ1) is 13.2. The topological polar surface area (TPSA) is 63.2 Å². The zero-order valence-electron chi connectivity index (χ0n) is 14.9. The van der Waals surface area contributed by atoms with Crippen LogP contribution in [0.5, 0.6) is 5.75 Å². The van der Waals surface area contributed by atoms with Crippen LogP contribution in [0, 0.1) is 0 Å². The van der Waals surface area contributed by atoms with Crippen LogP contribution in [0.1, 0.15) is 11.1 Å². The summed E-state index contributed by atoms with van der Waals surface area (Å²) < 4.78 is 11.1. The average molecular weight is 388 g/mol.